The lowest BCUT2D eigenvalue weighted by atomic mass is 9.77. The Bertz CT molecular complexity index is 130. The predicted octanol–water partition coefficient (Wildman–Crippen LogP) is 0.955. The van der Waals surface area contributed by atoms with Gasteiger partial charge in [-0.05, 0) is 25.8 Å². The summed E-state index contributed by atoms with van der Waals surface area (Å²) >= 11 is 0. The SMILES string of the molecule is CC1CN(C)CC(C)C1(C)O. The van der Waals surface area contributed by atoms with Gasteiger partial charge in [0.05, 0.1) is 5.60 Å². The van der Waals surface area contributed by atoms with E-state index in [1.807, 2.05) is 6.92 Å². The quantitative estimate of drug-likeness (QED) is 0.566. The van der Waals surface area contributed by atoms with Gasteiger partial charge in [0.25, 0.3) is 0 Å². The maximum atomic E-state index is 10.0. The molecule has 1 aliphatic rings. The van der Waals surface area contributed by atoms with Crippen LogP contribution in [0.2, 0.25) is 0 Å². The summed E-state index contributed by atoms with van der Waals surface area (Å²) in [7, 11) is 2.11. The molecular weight excluding hydrogens is 138 g/mol. The monoisotopic (exact) mass is 157 g/mol. The Morgan fingerprint density at radius 3 is 2.00 bits per heavy atom. The summed E-state index contributed by atoms with van der Waals surface area (Å²) in [6.07, 6.45) is 0. The lowest BCUT2D eigenvalue weighted by Gasteiger charge is -2.44. The molecular formula is C9H19NO. The third kappa shape index (κ3) is 1.57. The van der Waals surface area contributed by atoms with E-state index in [4.69, 9.17) is 0 Å². The largest absolute Gasteiger partial charge is 0.390 e. The van der Waals surface area contributed by atoms with Crippen LogP contribution in [0.3, 0.4) is 0 Å². The van der Waals surface area contributed by atoms with Gasteiger partial charge in [-0.3, -0.25) is 0 Å². The summed E-state index contributed by atoms with van der Waals surface area (Å²) in [6.45, 7) is 8.21. The molecule has 1 rings (SSSR count). The van der Waals surface area contributed by atoms with E-state index in [0.29, 0.717) is 11.8 Å². The van der Waals surface area contributed by atoms with Gasteiger partial charge in [0.15, 0.2) is 0 Å². The Balaban J connectivity index is 2.67. The zero-order valence-electron chi connectivity index (χ0n) is 7.96. The molecule has 1 heterocycles. The summed E-state index contributed by atoms with van der Waals surface area (Å²) in [5.41, 5.74) is -0.466. The average Bonchev–Trinajstić information content (AvgIpc) is 1.84. The summed E-state index contributed by atoms with van der Waals surface area (Å²) in [4.78, 5) is 2.29. The minimum absolute atomic E-state index is 0.385. The molecule has 1 N–H and O–H groups in total. The highest BCUT2D eigenvalue weighted by molar-refractivity contribution is 4.91. The normalized spacial score (nSPS) is 47.7. The van der Waals surface area contributed by atoms with Gasteiger partial charge in [0.1, 0.15) is 0 Å². The lowest BCUT2D eigenvalue weighted by molar-refractivity contribution is -0.0863. The van der Waals surface area contributed by atoms with Crippen LogP contribution in [0.25, 0.3) is 0 Å². The molecule has 0 bridgehead atoms. The maximum absolute atomic E-state index is 10.0. The highest BCUT2D eigenvalue weighted by Crippen LogP contribution is 2.30. The van der Waals surface area contributed by atoms with Gasteiger partial charge in [-0.1, -0.05) is 13.8 Å². The molecule has 0 aromatic rings. The second kappa shape index (κ2) is 2.76. The number of hydrogen-bond donors (Lipinski definition) is 1. The van der Waals surface area contributed by atoms with Crippen LogP contribution in [0.4, 0.5) is 0 Å². The van der Waals surface area contributed by atoms with E-state index in [9.17, 15) is 5.11 Å². The molecule has 0 aromatic heterocycles. The van der Waals surface area contributed by atoms with Gasteiger partial charge in [0.2, 0.25) is 0 Å². The van der Waals surface area contributed by atoms with Crippen LogP contribution in [-0.2, 0) is 0 Å². The third-order valence-electron chi connectivity index (χ3n) is 3.17. The molecule has 66 valence electrons. The lowest BCUT2D eigenvalue weighted by Crippen LogP contribution is -2.53. The van der Waals surface area contributed by atoms with Crippen molar-refractivity contribution in [2.24, 2.45) is 11.8 Å². The van der Waals surface area contributed by atoms with Crippen LogP contribution >= 0.6 is 0 Å². The predicted molar refractivity (Wildman–Crippen MR) is 46.4 cm³/mol. The standard InChI is InChI=1S/C9H19NO/c1-7-5-10(4)6-8(2)9(7,3)11/h7-8,11H,5-6H2,1-4H3. The molecule has 1 saturated heterocycles. The molecule has 0 radical (unpaired) electrons. The first kappa shape index (κ1) is 9.01. The van der Waals surface area contributed by atoms with E-state index in [1.165, 1.54) is 0 Å². The molecule has 0 aromatic carbocycles. The van der Waals surface area contributed by atoms with Gasteiger partial charge in [-0.25, -0.2) is 0 Å². The fourth-order valence-electron chi connectivity index (χ4n) is 1.86. The first-order chi connectivity index (χ1) is 4.94. The second-order valence-corrected chi connectivity index (χ2v) is 4.25. The third-order valence-corrected chi connectivity index (χ3v) is 3.17. The number of aliphatic hydroxyl groups is 1. The fraction of sp³-hybridized carbons (Fsp3) is 1.00. The summed E-state index contributed by atoms with van der Waals surface area (Å²) < 4.78 is 0. The average molecular weight is 157 g/mol. The first-order valence-corrected chi connectivity index (χ1v) is 4.35. The van der Waals surface area contributed by atoms with Crippen LogP contribution in [-0.4, -0.2) is 35.7 Å². The Kier molecular flexibility index (Phi) is 2.26. The molecule has 0 aliphatic carbocycles. The number of nitrogens with zero attached hydrogens (tertiary/aromatic N) is 1. The van der Waals surface area contributed by atoms with Crippen molar-refractivity contribution in [2.45, 2.75) is 26.4 Å². The van der Waals surface area contributed by atoms with Crippen molar-refractivity contribution in [3.63, 3.8) is 0 Å². The molecule has 1 fully saturated rings. The molecule has 0 amide bonds. The second-order valence-electron chi connectivity index (χ2n) is 4.25. The molecule has 2 atom stereocenters. The van der Waals surface area contributed by atoms with E-state index in [1.54, 1.807) is 0 Å². The minimum atomic E-state index is -0.466. The Morgan fingerprint density at radius 1 is 1.27 bits per heavy atom. The van der Waals surface area contributed by atoms with Crippen LogP contribution in [0.5, 0.6) is 0 Å². The van der Waals surface area contributed by atoms with Crippen LogP contribution < -0.4 is 0 Å². The van der Waals surface area contributed by atoms with Gasteiger partial charge in [-0.15, -0.1) is 0 Å². The zero-order chi connectivity index (χ0) is 8.65. The zero-order valence-corrected chi connectivity index (χ0v) is 7.96. The van der Waals surface area contributed by atoms with E-state index in [-0.39, 0.29) is 0 Å². The molecule has 11 heavy (non-hydrogen) atoms. The summed E-state index contributed by atoms with van der Waals surface area (Å²) in [6, 6.07) is 0. The van der Waals surface area contributed by atoms with Gasteiger partial charge in [-0.2, -0.15) is 0 Å². The number of rotatable bonds is 0. The van der Waals surface area contributed by atoms with Gasteiger partial charge in [0, 0.05) is 13.1 Å². The summed E-state index contributed by atoms with van der Waals surface area (Å²) in [5, 5.41) is 10.0. The maximum Gasteiger partial charge on any atom is 0.0694 e. The molecule has 0 spiro atoms. The van der Waals surface area contributed by atoms with Crippen molar-refractivity contribution >= 4 is 0 Å². The Hall–Kier alpha value is -0.0800. The Morgan fingerprint density at radius 2 is 1.64 bits per heavy atom. The topological polar surface area (TPSA) is 23.5 Å². The van der Waals surface area contributed by atoms with Crippen molar-refractivity contribution in [1.29, 1.82) is 0 Å². The van der Waals surface area contributed by atoms with Crippen LogP contribution in [0, 0.1) is 11.8 Å². The van der Waals surface area contributed by atoms with E-state index in [0.717, 1.165) is 13.1 Å². The van der Waals surface area contributed by atoms with Gasteiger partial charge >= 0.3 is 0 Å². The van der Waals surface area contributed by atoms with Crippen molar-refractivity contribution in [1.82, 2.24) is 4.90 Å². The van der Waals surface area contributed by atoms with E-state index >= 15 is 0 Å². The Labute approximate surface area is 69.2 Å². The number of hydrogen-bond acceptors (Lipinski definition) is 2. The molecule has 2 nitrogen and oxygen atoms in total. The minimum Gasteiger partial charge on any atom is -0.390 e. The van der Waals surface area contributed by atoms with Crippen LogP contribution in [0.1, 0.15) is 20.8 Å². The molecule has 2 heteroatoms. The fourth-order valence-corrected chi connectivity index (χ4v) is 1.86. The van der Waals surface area contributed by atoms with Crippen molar-refractivity contribution < 1.29 is 5.11 Å². The van der Waals surface area contributed by atoms with Crippen molar-refractivity contribution in [2.75, 3.05) is 20.1 Å². The number of piperidine rings is 1. The van der Waals surface area contributed by atoms with Crippen molar-refractivity contribution in [3.05, 3.63) is 0 Å². The smallest absolute Gasteiger partial charge is 0.0694 e. The van der Waals surface area contributed by atoms with Crippen LogP contribution in [0.15, 0.2) is 0 Å². The highest BCUT2D eigenvalue weighted by Gasteiger charge is 2.39. The van der Waals surface area contributed by atoms with Gasteiger partial charge < -0.3 is 10.0 Å². The molecule has 2 unspecified atom stereocenters. The first-order valence-electron chi connectivity index (χ1n) is 4.35. The van der Waals surface area contributed by atoms with E-state index < -0.39 is 5.60 Å². The highest BCUT2D eigenvalue weighted by atomic mass is 16.3. The van der Waals surface area contributed by atoms with E-state index in [2.05, 4.69) is 25.8 Å². The number of likely N-dealkylation sites (tertiary alicyclic amines) is 1. The summed E-state index contributed by atoms with van der Waals surface area (Å²) in [5.74, 6) is 0.771. The molecule has 1 aliphatic heterocycles. The molecule has 0 saturated carbocycles. The van der Waals surface area contributed by atoms with Crippen molar-refractivity contribution in [3.8, 4) is 0 Å².